The molecule has 11 atom stereocenters. The first kappa shape index (κ1) is 46.4. The number of hydrogen-bond acceptors (Lipinski definition) is 12. The molecule has 1 heterocycles. The summed E-state index contributed by atoms with van der Waals surface area (Å²) in [4.78, 5) is 56.3. The topological polar surface area (TPSA) is 176 Å². The number of benzene rings is 2. The third-order valence-corrected chi connectivity index (χ3v) is 13.9. The summed E-state index contributed by atoms with van der Waals surface area (Å²) in [5.74, 6) is -5.14. The Labute approximate surface area is 376 Å². The van der Waals surface area contributed by atoms with Crippen molar-refractivity contribution in [1.29, 1.82) is 0 Å². The van der Waals surface area contributed by atoms with Crippen molar-refractivity contribution in [3.8, 4) is 0 Å². The minimum Gasteiger partial charge on any atom is -0.456 e. The van der Waals surface area contributed by atoms with Gasteiger partial charge in [0, 0.05) is 79.9 Å². The third-order valence-electron chi connectivity index (χ3n) is 13.9. The van der Waals surface area contributed by atoms with Gasteiger partial charge in [0.25, 0.3) is 5.91 Å². The zero-order chi connectivity index (χ0) is 41.9. The molecule has 3 fully saturated rings. The molecule has 0 aromatic heterocycles. The minimum atomic E-state index is -1.76. The van der Waals surface area contributed by atoms with Crippen LogP contribution in [0.15, 0.2) is 71.8 Å². The van der Waals surface area contributed by atoms with Crippen LogP contribution in [0.3, 0.4) is 0 Å². The first-order valence-corrected chi connectivity index (χ1v) is 19.6. The molecule has 1 aliphatic heterocycles. The second-order valence-electron chi connectivity index (χ2n) is 17.4. The van der Waals surface area contributed by atoms with Gasteiger partial charge in [-0.3, -0.25) is 9.59 Å². The van der Waals surface area contributed by atoms with Crippen molar-refractivity contribution in [1.82, 2.24) is 5.32 Å². The summed E-state index contributed by atoms with van der Waals surface area (Å²) in [7, 11) is 2.63. The molecule has 1 saturated heterocycles. The van der Waals surface area contributed by atoms with Gasteiger partial charge in [0.05, 0.1) is 25.4 Å². The number of carbonyl (C=O) groups is 4. The maximum atomic E-state index is 15.0. The van der Waals surface area contributed by atoms with Crippen molar-refractivity contribution < 1.29 is 102 Å². The molecule has 3 aliphatic carbocycles. The number of hydrogen-bond donors (Lipinski definition) is 3. The van der Waals surface area contributed by atoms with Gasteiger partial charge in [-0.05, 0) is 67.9 Å². The summed E-state index contributed by atoms with van der Waals surface area (Å²) < 4.78 is 35.3. The summed E-state index contributed by atoms with van der Waals surface area (Å²) in [5, 5.41) is 28.6. The molecule has 2 saturated carbocycles. The van der Waals surface area contributed by atoms with E-state index in [2.05, 4.69) is 5.32 Å². The number of carbonyl (C=O) groups excluding carboxylic acids is 4. The molecular formula is C44H57AcNO12. The fourth-order valence-corrected chi connectivity index (χ4v) is 10.4. The Balaban J connectivity index is 0.00000641. The van der Waals surface area contributed by atoms with E-state index in [0.29, 0.717) is 23.1 Å². The Morgan fingerprint density at radius 1 is 0.983 bits per heavy atom. The number of aliphatic hydroxyl groups excluding tert-OH is 1. The molecule has 11 unspecified atom stereocenters. The quantitative estimate of drug-likeness (QED) is 0.156. The van der Waals surface area contributed by atoms with Gasteiger partial charge in [-0.2, -0.15) is 0 Å². The van der Waals surface area contributed by atoms with E-state index in [1.807, 2.05) is 13.8 Å². The number of rotatable bonds is 10. The van der Waals surface area contributed by atoms with Crippen LogP contribution in [-0.4, -0.2) is 96.3 Å². The normalized spacial score (nSPS) is 33.6. The van der Waals surface area contributed by atoms with Crippen molar-refractivity contribution in [3.63, 3.8) is 0 Å². The first-order chi connectivity index (χ1) is 26.7. The molecule has 13 nitrogen and oxygen atoms in total. The van der Waals surface area contributed by atoms with E-state index in [1.165, 1.54) is 14.2 Å². The molecule has 14 heteroatoms. The van der Waals surface area contributed by atoms with Crippen LogP contribution in [0.4, 0.5) is 4.79 Å². The smallest absolute Gasteiger partial charge is 0.456 e. The largest absolute Gasteiger partial charge is 0.508 e. The maximum absolute atomic E-state index is 15.0. The molecule has 1 radical (unpaired) electrons. The number of methoxy groups -OCH3 is 2. The van der Waals surface area contributed by atoms with Crippen LogP contribution in [-0.2, 0) is 38.0 Å². The van der Waals surface area contributed by atoms with Crippen LogP contribution < -0.4 is 5.32 Å². The number of ether oxygens (including phenoxy) is 6. The number of aliphatic hydroxyl groups is 2. The van der Waals surface area contributed by atoms with E-state index < -0.39 is 93.9 Å². The number of amides is 1. The molecule has 3 N–H and O–H groups in total. The van der Waals surface area contributed by atoms with Gasteiger partial charge in [0.15, 0.2) is 23.3 Å². The molecule has 0 spiro atoms. The summed E-state index contributed by atoms with van der Waals surface area (Å²) in [5.41, 5.74) is -4.06. The molecule has 1 amide bonds. The Morgan fingerprint density at radius 3 is 2.14 bits per heavy atom. The number of esters is 1. The van der Waals surface area contributed by atoms with E-state index >= 15 is 0 Å². The number of Topliss-reactive ketones (excluding diaryl/α,β-unsaturated/α-hetero) is 1. The number of ketones is 1. The molecule has 2 bridgehead atoms. The van der Waals surface area contributed by atoms with Gasteiger partial charge in [-0.1, -0.05) is 83.1 Å². The average Bonchev–Trinajstić information content (AvgIpc) is 3.18. The van der Waals surface area contributed by atoms with Crippen LogP contribution in [0.2, 0.25) is 0 Å². The van der Waals surface area contributed by atoms with Gasteiger partial charge in [-0.15, -0.1) is 0 Å². The summed E-state index contributed by atoms with van der Waals surface area (Å²) in [6.07, 6.45) is -5.65. The third kappa shape index (κ3) is 7.62. The predicted octanol–water partition coefficient (Wildman–Crippen LogP) is 5.48. The van der Waals surface area contributed by atoms with Crippen molar-refractivity contribution in [2.75, 3.05) is 20.8 Å². The van der Waals surface area contributed by atoms with E-state index in [4.69, 9.17) is 28.4 Å². The van der Waals surface area contributed by atoms with Crippen LogP contribution in [0.5, 0.6) is 0 Å². The number of nitrogens with one attached hydrogen (secondary N) is 1. The van der Waals surface area contributed by atoms with Crippen molar-refractivity contribution in [3.05, 3.63) is 82.9 Å². The van der Waals surface area contributed by atoms with Crippen molar-refractivity contribution >= 4 is 23.8 Å². The van der Waals surface area contributed by atoms with Crippen LogP contribution in [0.1, 0.15) is 90.2 Å². The van der Waals surface area contributed by atoms with E-state index in [1.54, 1.807) is 102 Å². The van der Waals surface area contributed by atoms with E-state index in [9.17, 15) is 29.4 Å². The molecule has 6 rings (SSSR count). The van der Waals surface area contributed by atoms with Crippen molar-refractivity contribution in [2.45, 2.75) is 116 Å². The van der Waals surface area contributed by atoms with E-state index in [-0.39, 0.29) is 68.6 Å². The summed E-state index contributed by atoms with van der Waals surface area (Å²) >= 11 is 0. The fraction of sp³-hybridized carbons (Fsp3) is 0.591. The maximum Gasteiger partial charge on any atom is 0.508 e. The monoisotopic (exact) mass is 1020 g/mol. The Morgan fingerprint density at radius 2 is 1.59 bits per heavy atom. The second kappa shape index (κ2) is 17.0. The van der Waals surface area contributed by atoms with E-state index in [0.717, 1.165) is 0 Å². The van der Waals surface area contributed by atoms with Gasteiger partial charge in [0.1, 0.15) is 18.3 Å². The molecular weight excluding hydrogens is 961 g/mol. The molecule has 2 aromatic rings. The summed E-state index contributed by atoms with van der Waals surface area (Å²) in [6.45, 7) is 14.0. The van der Waals surface area contributed by atoms with Crippen LogP contribution >= 0.6 is 0 Å². The zero-order valence-corrected chi connectivity index (χ0v) is 39.8. The molecule has 313 valence electrons. The second-order valence-corrected chi connectivity index (χ2v) is 17.4. The van der Waals surface area contributed by atoms with Gasteiger partial charge in [-0.25, -0.2) is 9.59 Å². The van der Waals surface area contributed by atoms with Gasteiger partial charge >= 0.3 is 12.1 Å². The van der Waals surface area contributed by atoms with Crippen molar-refractivity contribution in [2.24, 2.45) is 28.6 Å². The first-order valence-electron chi connectivity index (χ1n) is 19.6. The standard InChI is InChI=1S/C44H57NO12.Ac/c1-24-21-30-43(23-54-30,57-39(50)52-9)35-26(3)44(51)22-29(25(2)31(40(44,4)5)33(46)36(47)42(24,35)8)55-38(49)34(56-41(6,7)53-10)32(27-17-13-11-14-18-27)45-37(48)28-19-15-12-16-20-28;/h11-20,24,26,29-30,32-35,46,51H,21-23H2,1-10H3,(H,45,48);. The Hall–Kier alpha value is -2.70. The van der Waals surface area contributed by atoms with Gasteiger partial charge < -0.3 is 44.0 Å². The SMILES string of the molecule is COC(=O)OC12COC1CC(C)C1(C)C(=O)C(O)C3=C(C)C(OC(=O)C(OC(C)(C)OC)C(NC(=O)c4ccccc4)c4ccccc4)CC(O)(C(C)C21)C3(C)C.[Ac]. The Kier molecular flexibility index (Phi) is 13.6. The minimum absolute atomic E-state index is 0. The fourth-order valence-electron chi connectivity index (χ4n) is 10.4. The predicted molar refractivity (Wildman–Crippen MR) is 206 cm³/mol. The zero-order valence-electron chi connectivity index (χ0n) is 35.1. The van der Waals surface area contributed by atoms with Gasteiger partial charge in [0.2, 0.25) is 0 Å². The van der Waals surface area contributed by atoms with Crippen LogP contribution in [0.25, 0.3) is 0 Å². The van der Waals surface area contributed by atoms with Crippen LogP contribution in [0, 0.1) is 72.6 Å². The molecule has 58 heavy (non-hydrogen) atoms. The summed E-state index contributed by atoms with van der Waals surface area (Å²) in [6, 6.07) is 16.3. The molecule has 4 aliphatic rings. The average molecular weight is 1020 g/mol. The Bertz CT molecular complexity index is 1900. The number of fused-ring (bicyclic) bond motifs is 5. The molecule has 2 aromatic carbocycles.